The third kappa shape index (κ3) is 22.1. The molecule has 7 amide bonds. The number of nitrogens with one attached hydrogen (secondary N) is 6. The number of ether oxygens (including phenoxy) is 3. The molecular weight excluding hydrogens is 875 g/mol. The summed E-state index contributed by atoms with van der Waals surface area (Å²) in [5.74, 6) is -9.55. The normalized spacial score (nSPS) is 16.0. The summed E-state index contributed by atoms with van der Waals surface area (Å²) in [6, 6.07) is -7.52. The predicted molar refractivity (Wildman–Crippen MR) is 244 cm³/mol. The van der Waals surface area contributed by atoms with E-state index in [-0.39, 0.29) is 51.7 Å². The molecule has 1 aliphatic rings. The lowest BCUT2D eigenvalue weighted by Gasteiger charge is -2.33. The first-order chi connectivity index (χ1) is 31.0. The number of Topliss-reactive ketones (excluding diaryl/α,β-unsaturated/α-hetero) is 1. The first-order valence-corrected chi connectivity index (χ1v) is 23.2. The number of carbonyl (C=O) groups excluding carboxylic acids is 11. The zero-order valence-electron chi connectivity index (χ0n) is 41.8. The molecule has 21 nitrogen and oxygen atoms in total. The van der Waals surface area contributed by atoms with Crippen LogP contribution in [-0.4, -0.2) is 137 Å². The zero-order valence-corrected chi connectivity index (χ0v) is 41.8. The first-order valence-electron chi connectivity index (χ1n) is 23.2. The highest BCUT2D eigenvalue weighted by Crippen LogP contribution is 2.22. The number of esters is 3. The lowest BCUT2D eigenvalue weighted by atomic mass is 9.98. The van der Waals surface area contributed by atoms with Crippen LogP contribution in [0, 0.1) is 11.8 Å². The number of nitrogens with zero attached hydrogens (tertiary/aromatic N) is 1. The van der Waals surface area contributed by atoms with Crippen molar-refractivity contribution < 1.29 is 67.0 Å². The van der Waals surface area contributed by atoms with Gasteiger partial charge in [-0.2, -0.15) is 0 Å². The Morgan fingerprint density at radius 3 is 1.60 bits per heavy atom. The summed E-state index contributed by atoms with van der Waals surface area (Å²) in [6.45, 7) is 21.1. The van der Waals surface area contributed by atoms with Gasteiger partial charge in [-0.25, -0.2) is 0 Å². The molecule has 0 aromatic rings. The van der Waals surface area contributed by atoms with Crippen LogP contribution in [0.1, 0.15) is 148 Å². The Bertz CT molecular complexity index is 1770. The van der Waals surface area contributed by atoms with Crippen molar-refractivity contribution in [2.24, 2.45) is 11.8 Å². The van der Waals surface area contributed by atoms with E-state index in [4.69, 9.17) is 14.2 Å². The van der Waals surface area contributed by atoms with E-state index in [1.54, 1.807) is 83.1 Å². The van der Waals surface area contributed by atoms with Gasteiger partial charge in [0.25, 0.3) is 5.91 Å². The van der Waals surface area contributed by atoms with Gasteiger partial charge in [-0.05, 0) is 91.9 Å². The van der Waals surface area contributed by atoms with Crippen molar-refractivity contribution in [2.45, 2.75) is 195 Å². The molecule has 0 aromatic heterocycles. The zero-order chi connectivity index (χ0) is 51.4. The maximum Gasteiger partial charge on any atom is 0.325 e. The molecule has 1 fully saturated rings. The number of amides is 7. The summed E-state index contributed by atoms with van der Waals surface area (Å²) < 4.78 is 15.7. The molecule has 0 radical (unpaired) electrons. The molecule has 0 unspecified atom stereocenters. The van der Waals surface area contributed by atoms with Crippen molar-refractivity contribution >= 4 is 65.0 Å². The molecule has 1 aliphatic heterocycles. The van der Waals surface area contributed by atoms with Gasteiger partial charge in [0.05, 0.1) is 12.6 Å². The van der Waals surface area contributed by atoms with Crippen LogP contribution in [0.4, 0.5) is 0 Å². The molecule has 6 atom stereocenters. The summed E-state index contributed by atoms with van der Waals surface area (Å²) in [7, 11) is 0. The fourth-order valence-electron chi connectivity index (χ4n) is 6.88. The summed E-state index contributed by atoms with van der Waals surface area (Å²) in [5, 5.41) is 15.2. The van der Waals surface area contributed by atoms with Crippen molar-refractivity contribution in [3.8, 4) is 0 Å². The van der Waals surface area contributed by atoms with Crippen LogP contribution in [0.25, 0.3) is 0 Å². The molecule has 6 N–H and O–H groups in total. The van der Waals surface area contributed by atoms with Crippen LogP contribution in [-0.2, 0) is 67.0 Å². The maximum atomic E-state index is 14.2. The summed E-state index contributed by atoms with van der Waals surface area (Å²) in [6.07, 6.45) is 0.666. The fourth-order valence-corrected chi connectivity index (χ4v) is 6.88. The molecule has 1 saturated heterocycles. The van der Waals surface area contributed by atoms with E-state index < -0.39 is 131 Å². The maximum absolute atomic E-state index is 14.2. The minimum absolute atomic E-state index is 0.0987. The Hall–Kier alpha value is -5.63. The van der Waals surface area contributed by atoms with Gasteiger partial charge in [0, 0.05) is 26.3 Å². The number of hydrogen-bond donors (Lipinski definition) is 6. The predicted octanol–water partition coefficient (Wildman–Crippen LogP) is 1.42. The second-order valence-corrected chi connectivity index (χ2v) is 19.3. The molecule has 380 valence electrons. The lowest BCUT2D eigenvalue weighted by molar-refractivity contribution is -0.156. The molecule has 0 aromatic carbocycles. The lowest BCUT2D eigenvalue weighted by Crippen LogP contribution is -2.61. The SMILES string of the molecule is CCCOC(=O)CNC(=O)C(=O)[C@H](CCC)NC(=O)[C@@H]1CCCN1C(=O)[C@@H](NC(=O)[C@@H](NC(=O)[C@H](CCC(=O)OC(C)(C)C)NC(=O)[C@H](CCC(=O)OC(C)(C)C)NC(C)=O)C(C)C)C(C)C. The van der Waals surface area contributed by atoms with Crippen molar-refractivity contribution in [3.05, 3.63) is 0 Å². The highest BCUT2D eigenvalue weighted by atomic mass is 16.6. The smallest absolute Gasteiger partial charge is 0.325 e. The highest BCUT2D eigenvalue weighted by Gasteiger charge is 2.41. The summed E-state index contributed by atoms with van der Waals surface area (Å²) >= 11 is 0. The van der Waals surface area contributed by atoms with Crippen LogP contribution >= 0.6 is 0 Å². The Labute approximate surface area is 394 Å². The molecular formula is C46H77N7O14. The van der Waals surface area contributed by atoms with E-state index in [9.17, 15) is 52.7 Å². The van der Waals surface area contributed by atoms with E-state index in [1.807, 2.05) is 0 Å². The largest absolute Gasteiger partial charge is 0.464 e. The van der Waals surface area contributed by atoms with Crippen molar-refractivity contribution in [2.75, 3.05) is 19.7 Å². The van der Waals surface area contributed by atoms with Gasteiger partial charge in [0.2, 0.25) is 41.2 Å². The van der Waals surface area contributed by atoms with Crippen molar-refractivity contribution in [3.63, 3.8) is 0 Å². The van der Waals surface area contributed by atoms with E-state index in [0.29, 0.717) is 19.3 Å². The molecule has 21 heteroatoms. The third-order valence-electron chi connectivity index (χ3n) is 10.1. The molecule has 67 heavy (non-hydrogen) atoms. The Kier molecular flexibility index (Phi) is 24.7. The minimum Gasteiger partial charge on any atom is -0.464 e. The van der Waals surface area contributed by atoms with Crippen LogP contribution < -0.4 is 31.9 Å². The Balaban J connectivity index is 3.32. The summed E-state index contributed by atoms with van der Waals surface area (Å²) in [5.41, 5.74) is -1.66. The quantitative estimate of drug-likeness (QED) is 0.0406. The van der Waals surface area contributed by atoms with Crippen LogP contribution in [0.3, 0.4) is 0 Å². The summed E-state index contributed by atoms with van der Waals surface area (Å²) in [4.78, 5) is 146. The van der Waals surface area contributed by atoms with Crippen molar-refractivity contribution in [1.29, 1.82) is 0 Å². The van der Waals surface area contributed by atoms with E-state index in [2.05, 4.69) is 31.9 Å². The van der Waals surface area contributed by atoms with Gasteiger partial charge in [0.1, 0.15) is 48.0 Å². The topological polar surface area (TPSA) is 291 Å². The number of hydrogen-bond acceptors (Lipinski definition) is 14. The van der Waals surface area contributed by atoms with E-state index >= 15 is 0 Å². The third-order valence-corrected chi connectivity index (χ3v) is 10.1. The average Bonchev–Trinajstić information content (AvgIpc) is 3.71. The first kappa shape index (κ1) is 59.4. The monoisotopic (exact) mass is 952 g/mol. The van der Waals surface area contributed by atoms with Gasteiger partial charge in [-0.1, -0.05) is 48.0 Å². The van der Waals surface area contributed by atoms with Gasteiger partial charge < -0.3 is 51.0 Å². The second kappa shape index (κ2) is 27.9. The number of rotatable bonds is 26. The molecule has 0 saturated carbocycles. The van der Waals surface area contributed by atoms with Crippen LogP contribution in [0.5, 0.6) is 0 Å². The molecule has 0 bridgehead atoms. The van der Waals surface area contributed by atoms with E-state index in [1.165, 1.54) is 11.8 Å². The molecule has 0 aliphatic carbocycles. The standard InChI is InChI=1S/C46H77N7O14/c1-14-17-29(38(58)43(63)47-25-35(57)65-24-15-2)49-41(61)32-18-16-23-53(32)44(64)37(27(5)6)52-42(62)36(26(3)4)51-40(60)31(20-22-34(56)67-46(11,12)13)50-39(59)30(48-28(7)54)19-21-33(55)66-45(8,9)10/h26-27,29-32,36-37H,14-25H2,1-13H3,(H,47,63)(H,48,54)(H,49,61)(H,50,59)(H,51,60)(H,52,62)/t29-,30-,31-,32-,36-,37-/m0/s1. The number of carbonyl (C=O) groups is 11. The van der Waals surface area contributed by atoms with Crippen LogP contribution in [0.15, 0.2) is 0 Å². The fraction of sp³-hybridized carbons (Fsp3) is 0.761. The van der Waals surface area contributed by atoms with Gasteiger partial charge in [-0.15, -0.1) is 0 Å². The molecule has 1 rings (SSSR count). The van der Waals surface area contributed by atoms with Gasteiger partial charge in [-0.3, -0.25) is 52.7 Å². The number of likely N-dealkylation sites (tertiary alicyclic amines) is 1. The second-order valence-electron chi connectivity index (χ2n) is 19.3. The Morgan fingerprint density at radius 2 is 1.12 bits per heavy atom. The van der Waals surface area contributed by atoms with E-state index in [0.717, 1.165) is 0 Å². The van der Waals surface area contributed by atoms with Gasteiger partial charge >= 0.3 is 17.9 Å². The minimum atomic E-state index is -1.45. The van der Waals surface area contributed by atoms with Crippen LogP contribution in [0.2, 0.25) is 0 Å². The average molecular weight is 952 g/mol. The molecule has 1 heterocycles. The Morgan fingerprint density at radius 1 is 0.612 bits per heavy atom. The number of ketones is 1. The van der Waals surface area contributed by atoms with Crippen molar-refractivity contribution in [1.82, 2.24) is 36.8 Å². The van der Waals surface area contributed by atoms with Gasteiger partial charge in [0.15, 0.2) is 0 Å². The highest BCUT2D eigenvalue weighted by molar-refractivity contribution is 6.38. The molecule has 0 spiro atoms.